The quantitative estimate of drug-likeness (QED) is 0.260. The number of hydrogen-bond donors (Lipinski definition) is 1. The largest absolute Gasteiger partial charge is 0.481 e. The molecule has 0 saturated carbocycles. The van der Waals surface area contributed by atoms with Crippen LogP contribution in [0.25, 0.3) is 0 Å². The molecule has 0 bridgehead atoms. The Kier molecular flexibility index (Phi) is 13.7. The summed E-state index contributed by atoms with van der Waals surface area (Å²) in [7, 11) is 0. The minimum Gasteiger partial charge on any atom is -0.481 e. The molecular formula is C23H36O2. The van der Waals surface area contributed by atoms with Crippen LogP contribution >= 0.6 is 0 Å². The molecule has 0 unspecified atom stereocenters. The third kappa shape index (κ3) is 14.5. The highest BCUT2D eigenvalue weighted by atomic mass is 16.4. The molecule has 2 nitrogen and oxygen atoms in total. The molecule has 0 heterocycles. The van der Waals surface area contributed by atoms with Gasteiger partial charge in [0, 0.05) is 6.42 Å². The number of aryl methyl sites for hydroxylation is 1. The molecule has 0 spiro atoms. The minimum atomic E-state index is -0.662. The van der Waals surface area contributed by atoms with E-state index in [9.17, 15) is 4.79 Å². The molecule has 0 saturated heterocycles. The fraction of sp³-hybridized carbons (Fsp3) is 0.609. The Hall–Kier alpha value is -1.57. The van der Waals surface area contributed by atoms with E-state index in [1.807, 2.05) is 0 Å². The Bertz CT molecular complexity index is 450. The molecule has 2 heteroatoms. The number of hydrogen-bond acceptors (Lipinski definition) is 1. The lowest BCUT2D eigenvalue weighted by atomic mass is 10.1. The van der Waals surface area contributed by atoms with Crippen LogP contribution in [0.3, 0.4) is 0 Å². The number of allylic oxidation sites excluding steroid dienone is 2. The summed E-state index contributed by atoms with van der Waals surface area (Å²) in [5.74, 6) is -0.662. The van der Waals surface area contributed by atoms with Crippen LogP contribution in [-0.2, 0) is 11.2 Å². The van der Waals surface area contributed by atoms with Gasteiger partial charge < -0.3 is 5.11 Å². The van der Waals surface area contributed by atoms with E-state index >= 15 is 0 Å². The average molecular weight is 345 g/mol. The van der Waals surface area contributed by atoms with Crippen molar-refractivity contribution >= 4 is 5.97 Å². The number of unbranched alkanes of at least 4 members (excludes halogenated alkanes) is 10. The standard InChI is InChI=1S/C23H36O2/c24-23(25)21-17-12-10-8-6-4-2-1-3-5-7-9-11-14-18-22-19-15-13-16-20-22/h7,9,13,15-16,19-20H,1-6,8,10-12,14,17-18,21H2,(H,24,25)/b9-7+. The summed E-state index contributed by atoms with van der Waals surface area (Å²) in [5, 5.41) is 8.56. The van der Waals surface area contributed by atoms with Crippen LogP contribution in [-0.4, -0.2) is 11.1 Å². The smallest absolute Gasteiger partial charge is 0.303 e. The SMILES string of the molecule is O=C(O)CCCCCCCCCCC/C=C/CCCc1ccccc1. The summed E-state index contributed by atoms with van der Waals surface area (Å²) in [6.07, 6.45) is 20.9. The topological polar surface area (TPSA) is 37.3 Å². The number of carboxylic acid groups (broad SMARTS) is 1. The van der Waals surface area contributed by atoms with E-state index in [0.29, 0.717) is 6.42 Å². The summed E-state index contributed by atoms with van der Waals surface area (Å²) < 4.78 is 0. The van der Waals surface area contributed by atoms with Gasteiger partial charge in [-0.2, -0.15) is 0 Å². The lowest BCUT2D eigenvalue weighted by molar-refractivity contribution is -0.137. The van der Waals surface area contributed by atoms with Crippen molar-refractivity contribution in [1.82, 2.24) is 0 Å². The molecular weight excluding hydrogens is 308 g/mol. The van der Waals surface area contributed by atoms with E-state index < -0.39 is 5.97 Å². The highest BCUT2D eigenvalue weighted by Crippen LogP contribution is 2.12. The molecule has 0 aromatic heterocycles. The predicted octanol–water partition coefficient (Wildman–Crippen LogP) is 6.94. The van der Waals surface area contributed by atoms with Crippen molar-refractivity contribution in [2.45, 2.75) is 89.9 Å². The minimum absolute atomic E-state index is 0.333. The third-order valence-corrected chi connectivity index (χ3v) is 4.61. The Morgan fingerprint density at radius 3 is 1.84 bits per heavy atom. The Balaban J connectivity index is 1.77. The molecule has 1 aromatic rings. The number of rotatable bonds is 16. The molecule has 0 radical (unpaired) electrons. The normalized spacial score (nSPS) is 11.2. The molecule has 140 valence electrons. The van der Waals surface area contributed by atoms with Crippen LogP contribution in [0.15, 0.2) is 42.5 Å². The molecule has 0 amide bonds. The molecule has 25 heavy (non-hydrogen) atoms. The molecule has 1 N–H and O–H groups in total. The van der Waals surface area contributed by atoms with Crippen molar-refractivity contribution in [3.8, 4) is 0 Å². The second-order valence-electron chi connectivity index (χ2n) is 6.96. The average Bonchev–Trinajstić information content (AvgIpc) is 2.62. The molecule has 0 aliphatic rings. The van der Waals surface area contributed by atoms with Crippen molar-refractivity contribution in [3.05, 3.63) is 48.0 Å². The second kappa shape index (κ2) is 15.9. The highest BCUT2D eigenvalue weighted by Gasteiger charge is 1.96. The first-order valence-corrected chi connectivity index (χ1v) is 10.2. The Morgan fingerprint density at radius 2 is 1.24 bits per heavy atom. The first-order valence-electron chi connectivity index (χ1n) is 10.2. The van der Waals surface area contributed by atoms with E-state index in [2.05, 4.69) is 42.5 Å². The van der Waals surface area contributed by atoms with Crippen LogP contribution < -0.4 is 0 Å². The monoisotopic (exact) mass is 344 g/mol. The summed E-state index contributed by atoms with van der Waals surface area (Å²) in [6, 6.07) is 10.7. The summed E-state index contributed by atoms with van der Waals surface area (Å²) in [5.41, 5.74) is 1.44. The zero-order valence-electron chi connectivity index (χ0n) is 15.8. The zero-order chi connectivity index (χ0) is 18.0. The molecule has 0 atom stereocenters. The molecule has 1 rings (SSSR count). The third-order valence-electron chi connectivity index (χ3n) is 4.61. The fourth-order valence-corrected chi connectivity index (χ4v) is 3.08. The molecule has 0 aliphatic heterocycles. The van der Waals surface area contributed by atoms with Crippen LogP contribution in [0.2, 0.25) is 0 Å². The van der Waals surface area contributed by atoms with Gasteiger partial charge in [-0.1, -0.05) is 87.4 Å². The van der Waals surface area contributed by atoms with E-state index in [1.165, 1.54) is 76.2 Å². The lowest BCUT2D eigenvalue weighted by Gasteiger charge is -2.01. The second-order valence-corrected chi connectivity index (χ2v) is 6.96. The van der Waals surface area contributed by atoms with Gasteiger partial charge in [0.25, 0.3) is 0 Å². The van der Waals surface area contributed by atoms with E-state index in [1.54, 1.807) is 0 Å². The van der Waals surface area contributed by atoms with Crippen molar-refractivity contribution < 1.29 is 9.90 Å². The van der Waals surface area contributed by atoms with Crippen LogP contribution in [0.5, 0.6) is 0 Å². The number of carbonyl (C=O) groups is 1. The van der Waals surface area contributed by atoms with Crippen LogP contribution in [0, 0.1) is 0 Å². The van der Waals surface area contributed by atoms with Crippen molar-refractivity contribution in [2.75, 3.05) is 0 Å². The van der Waals surface area contributed by atoms with Gasteiger partial charge in [0.05, 0.1) is 0 Å². The number of aliphatic carboxylic acids is 1. The molecule has 0 fully saturated rings. The van der Waals surface area contributed by atoms with Crippen molar-refractivity contribution in [2.24, 2.45) is 0 Å². The van der Waals surface area contributed by atoms with Gasteiger partial charge in [-0.15, -0.1) is 0 Å². The molecule has 0 aliphatic carbocycles. The van der Waals surface area contributed by atoms with Gasteiger partial charge in [-0.05, 0) is 44.1 Å². The van der Waals surface area contributed by atoms with Gasteiger partial charge in [0.1, 0.15) is 0 Å². The van der Waals surface area contributed by atoms with Crippen molar-refractivity contribution in [3.63, 3.8) is 0 Å². The summed E-state index contributed by atoms with van der Waals surface area (Å²) >= 11 is 0. The zero-order valence-corrected chi connectivity index (χ0v) is 15.8. The highest BCUT2D eigenvalue weighted by molar-refractivity contribution is 5.66. The summed E-state index contributed by atoms with van der Waals surface area (Å²) in [6.45, 7) is 0. The van der Waals surface area contributed by atoms with Gasteiger partial charge >= 0.3 is 5.97 Å². The van der Waals surface area contributed by atoms with Crippen molar-refractivity contribution in [1.29, 1.82) is 0 Å². The summed E-state index contributed by atoms with van der Waals surface area (Å²) in [4.78, 5) is 10.4. The maximum absolute atomic E-state index is 10.4. The maximum Gasteiger partial charge on any atom is 0.303 e. The maximum atomic E-state index is 10.4. The van der Waals surface area contributed by atoms with E-state index in [4.69, 9.17) is 5.11 Å². The van der Waals surface area contributed by atoms with Gasteiger partial charge in [0.15, 0.2) is 0 Å². The number of benzene rings is 1. The van der Waals surface area contributed by atoms with Crippen LogP contribution in [0.1, 0.15) is 89.0 Å². The van der Waals surface area contributed by atoms with E-state index in [0.717, 1.165) is 12.8 Å². The van der Waals surface area contributed by atoms with Crippen LogP contribution in [0.4, 0.5) is 0 Å². The van der Waals surface area contributed by atoms with E-state index in [-0.39, 0.29) is 0 Å². The first kappa shape index (κ1) is 21.5. The Morgan fingerprint density at radius 1 is 0.720 bits per heavy atom. The molecule has 1 aromatic carbocycles. The predicted molar refractivity (Wildman–Crippen MR) is 107 cm³/mol. The number of carboxylic acids is 1. The fourth-order valence-electron chi connectivity index (χ4n) is 3.08. The van der Waals surface area contributed by atoms with Gasteiger partial charge in [-0.3, -0.25) is 4.79 Å². The Labute approximate surface area is 154 Å². The van der Waals surface area contributed by atoms with Gasteiger partial charge in [-0.25, -0.2) is 0 Å². The lowest BCUT2D eigenvalue weighted by Crippen LogP contribution is -1.93. The first-order chi connectivity index (χ1) is 12.3. The van der Waals surface area contributed by atoms with Gasteiger partial charge in [0.2, 0.25) is 0 Å².